The average Bonchev–Trinajstić information content (AvgIpc) is 2.94. The van der Waals surface area contributed by atoms with E-state index in [0.717, 1.165) is 13.1 Å². The van der Waals surface area contributed by atoms with Gasteiger partial charge >= 0.3 is 0 Å². The Morgan fingerprint density at radius 1 is 1.14 bits per heavy atom. The summed E-state index contributed by atoms with van der Waals surface area (Å²) in [6.07, 6.45) is 0. The summed E-state index contributed by atoms with van der Waals surface area (Å²) < 4.78 is 4.81. The molecule has 0 bridgehead atoms. The molecule has 4 heteroatoms. The van der Waals surface area contributed by atoms with Crippen LogP contribution in [-0.2, 0) is 13.1 Å². The monoisotopic (exact) mass is 406 g/mol. The van der Waals surface area contributed by atoms with Crippen LogP contribution < -0.4 is 21.7 Å². The first-order valence-corrected chi connectivity index (χ1v) is 7.88. The molecule has 0 fully saturated rings. The second kappa shape index (κ2) is 5.58. The summed E-state index contributed by atoms with van der Waals surface area (Å²) in [5.74, 6) is 0. The van der Waals surface area contributed by atoms with Crippen LogP contribution in [0.25, 0.3) is 22.2 Å². The van der Waals surface area contributed by atoms with E-state index in [-0.39, 0.29) is 17.0 Å². The Morgan fingerprint density at radius 3 is 2.67 bits per heavy atom. The molecule has 0 saturated heterocycles. The first-order valence-electron chi connectivity index (χ1n) is 6.96. The van der Waals surface area contributed by atoms with Crippen molar-refractivity contribution in [2.24, 2.45) is 0 Å². The standard InChI is InChI=1S/C17H16BrN2.BrH/c1-12-7-8-16-15(9-12)17(13-5-3-2-4-6-13)20-11-14(18)10-19(16)20;/h2-9,14H,10-11H2,1H3;1H/q+1;/p-1. The molecular weight excluding hydrogens is 392 g/mol. The highest BCUT2D eigenvalue weighted by Gasteiger charge is 2.34. The molecule has 108 valence electrons. The van der Waals surface area contributed by atoms with Crippen molar-refractivity contribution in [3.63, 3.8) is 0 Å². The number of aromatic nitrogens is 2. The summed E-state index contributed by atoms with van der Waals surface area (Å²) in [5.41, 5.74) is 5.28. The lowest BCUT2D eigenvalue weighted by Crippen LogP contribution is -3.00. The lowest BCUT2D eigenvalue weighted by Gasteiger charge is -1.98. The molecule has 0 N–H and O–H groups in total. The van der Waals surface area contributed by atoms with Gasteiger partial charge in [-0.25, -0.2) is 0 Å². The van der Waals surface area contributed by atoms with Crippen molar-refractivity contribution in [2.45, 2.75) is 24.8 Å². The van der Waals surface area contributed by atoms with Crippen LogP contribution in [0.1, 0.15) is 5.56 Å². The van der Waals surface area contributed by atoms with E-state index in [9.17, 15) is 0 Å². The number of nitrogens with zero attached hydrogens (tertiary/aromatic N) is 2. The van der Waals surface area contributed by atoms with Crippen LogP contribution >= 0.6 is 15.9 Å². The summed E-state index contributed by atoms with van der Waals surface area (Å²) >= 11 is 3.76. The van der Waals surface area contributed by atoms with Gasteiger partial charge in [-0.1, -0.05) is 45.8 Å². The molecule has 21 heavy (non-hydrogen) atoms. The quantitative estimate of drug-likeness (QED) is 0.414. The third kappa shape index (κ3) is 2.34. The molecule has 2 aromatic carbocycles. The molecule has 1 atom stereocenters. The Kier molecular flexibility index (Phi) is 3.93. The average molecular weight is 408 g/mol. The van der Waals surface area contributed by atoms with Crippen molar-refractivity contribution in [3.05, 3.63) is 54.1 Å². The normalized spacial score (nSPS) is 16.8. The molecule has 0 amide bonds. The van der Waals surface area contributed by atoms with Gasteiger partial charge in [0.1, 0.15) is 5.52 Å². The minimum Gasteiger partial charge on any atom is -1.00 e. The third-order valence-electron chi connectivity index (χ3n) is 4.02. The number of halogens is 2. The predicted molar refractivity (Wildman–Crippen MR) is 85.0 cm³/mol. The zero-order chi connectivity index (χ0) is 13.7. The summed E-state index contributed by atoms with van der Waals surface area (Å²) in [6.45, 7) is 4.22. The van der Waals surface area contributed by atoms with Crippen LogP contribution in [0.2, 0.25) is 0 Å². The second-order valence-corrected chi connectivity index (χ2v) is 6.79. The molecule has 0 aliphatic carbocycles. The molecule has 1 aromatic heterocycles. The van der Waals surface area contributed by atoms with Crippen LogP contribution in [0.3, 0.4) is 0 Å². The predicted octanol–water partition coefficient (Wildman–Crippen LogP) is 0.685. The first kappa shape index (κ1) is 14.8. The fraction of sp³-hybridized carbons (Fsp3) is 0.235. The van der Waals surface area contributed by atoms with Crippen LogP contribution in [0.5, 0.6) is 0 Å². The van der Waals surface area contributed by atoms with E-state index >= 15 is 0 Å². The number of rotatable bonds is 1. The number of hydrogen-bond donors (Lipinski definition) is 0. The Hall–Kier alpha value is -1.13. The van der Waals surface area contributed by atoms with Crippen molar-refractivity contribution in [1.82, 2.24) is 4.68 Å². The first-order chi connectivity index (χ1) is 9.74. The van der Waals surface area contributed by atoms with Gasteiger partial charge in [-0.05, 0) is 31.2 Å². The molecule has 1 unspecified atom stereocenters. The summed E-state index contributed by atoms with van der Waals surface area (Å²) in [7, 11) is 0. The lowest BCUT2D eigenvalue weighted by molar-refractivity contribution is -0.745. The molecular formula is C17H16Br2N2. The molecule has 4 rings (SSSR count). The molecule has 0 spiro atoms. The summed E-state index contributed by atoms with van der Waals surface area (Å²) in [5, 5.41) is 1.36. The van der Waals surface area contributed by atoms with Crippen molar-refractivity contribution in [3.8, 4) is 11.3 Å². The van der Waals surface area contributed by atoms with Crippen molar-refractivity contribution in [1.29, 1.82) is 0 Å². The van der Waals surface area contributed by atoms with Gasteiger partial charge < -0.3 is 17.0 Å². The second-order valence-electron chi connectivity index (χ2n) is 5.50. The molecule has 2 heterocycles. The largest absolute Gasteiger partial charge is 1.00 e. The van der Waals surface area contributed by atoms with E-state index in [4.69, 9.17) is 0 Å². The number of benzene rings is 2. The van der Waals surface area contributed by atoms with E-state index in [1.165, 1.54) is 27.7 Å². The Labute approximate surface area is 143 Å². The van der Waals surface area contributed by atoms with Crippen LogP contribution in [0.15, 0.2) is 48.5 Å². The van der Waals surface area contributed by atoms with Gasteiger partial charge in [0.25, 0.3) is 0 Å². The van der Waals surface area contributed by atoms with E-state index in [1.807, 2.05) is 0 Å². The van der Waals surface area contributed by atoms with E-state index in [1.54, 1.807) is 0 Å². The van der Waals surface area contributed by atoms with Crippen molar-refractivity contribution in [2.75, 3.05) is 0 Å². The van der Waals surface area contributed by atoms with Crippen molar-refractivity contribution < 1.29 is 21.7 Å². The number of fused-ring (bicyclic) bond motifs is 3. The van der Waals surface area contributed by atoms with Crippen LogP contribution in [-0.4, -0.2) is 9.51 Å². The summed E-state index contributed by atoms with van der Waals surface area (Å²) in [4.78, 5) is 0.524. The molecule has 0 radical (unpaired) electrons. The SMILES string of the molecule is Cc1ccc2c(c1)c(-c1ccccc1)[n+]1n2CC(Br)C1.[Br-]. The van der Waals surface area contributed by atoms with Gasteiger partial charge in [0.05, 0.1) is 16.8 Å². The third-order valence-corrected chi connectivity index (χ3v) is 4.60. The highest BCUT2D eigenvalue weighted by molar-refractivity contribution is 9.09. The van der Waals surface area contributed by atoms with E-state index < -0.39 is 0 Å². The zero-order valence-corrected chi connectivity index (χ0v) is 14.9. The highest BCUT2D eigenvalue weighted by Crippen LogP contribution is 2.30. The van der Waals surface area contributed by atoms with Gasteiger partial charge in [0.2, 0.25) is 5.69 Å². The molecule has 2 nitrogen and oxygen atoms in total. The molecule has 3 aromatic rings. The van der Waals surface area contributed by atoms with Gasteiger partial charge in [-0.3, -0.25) is 0 Å². The van der Waals surface area contributed by atoms with E-state index in [2.05, 4.69) is 80.7 Å². The minimum absolute atomic E-state index is 0. The minimum atomic E-state index is 0. The summed E-state index contributed by atoms with van der Waals surface area (Å²) in [6, 6.07) is 17.5. The van der Waals surface area contributed by atoms with Crippen LogP contribution in [0, 0.1) is 6.92 Å². The number of hydrogen-bond acceptors (Lipinski definition) is 0. The smallest absolute Gasteiger partial charge is 0.246 e. The lowest BCUT2D eigenvalue weighted by atomic mass is 10.1. The van der Waals surface area contributed by atoms with Crippen LogP contribution in [0.4, 0.5) is 0 Å². The maximum Gasteiger partial charge on any atom is 0.246 e. The van der Waals surface area contributed by atoms with Crippen molar-refractivity contribution >= 4 is 26.8 Å². The van der Waals surface area contributed by atoms with Gasteiger partial charge in [0.15, 0.2) is 6.54 Å². The number of aryl methyl sites for hydroxylation is 1. The van der Waals surface area contributed by atoms with Gasteiger partial charge in [-0.2, -0.15) is 4.68 Å². The molecule has 0 saturated carbocycles. The Morgan fingerprint density at radius 2 is 1.90 bits per heavy atom. The number of alkyl halides is 1. The maximum absolute atomic E-state index is 3.76. The molecule has 1 aliphatic rings. The van der Waals surface area contributed by atoms with E-state index in [0.29, 0.717) is 4.83 Å². The Bertz CT molecular complexity index is 793. The topological polar surface area (TPSA) is 8.81 Å². The van der Waals surface area contributed by atoms with Gasteiger partial charge in [-0.15, -0.1) is 4.68 Å². The fourth-order valence-electron chi connectivity index (χ4n) is 3.17. The highest BCUT2D eigenvalue weighted by atomic mass is 79.9. The van der Waals surface area contributed by atoms with Gasteiger partial charge in [0, 0.05) is 5.56 Å². The maximum atomic E-state index is 3.76. The fourth-order valence-corrected chi connectivity index (χ4v) is 3.72. The Balaban J connectivity index is 0.00000132. The molecule has 1 aliphatic heterocycles. The zero-order valence-electron chi connectivity index (χ0n) is 11.8.